The number of methoxy groups -OCH3 is 1. The monoisotopic (exact) mass is 646 g/mol. The first-order chi connectivity index (χ1) is 21.5. The number of nitrogens with one attached hydrogen (secondary N) is 1. The highest BCUT2D eigenvalue weighted by atomic mass is 28.4. The number of ether oxygens (including phenoxy) is 3. The van der Waals surface area contributed by atoms with E-state index in [4.69, 9.17) is 23.6 Å². The van der Waals surface area contributed by atoms with E-state index >= 15 is 0 Å². The van der Waals surface area contributed by atoms with Crippen LogP contribution >= 0.6 is 0 Å². The number of benzene rings is 1. The van der Waals surface area contributed by atoms with E-state index < -0.39 is 25.4 Å². The Morgan fingerprint density at radius 2 is 1.87 bits per heavy atom. The molecule has 11 nitrogen and oxygen atoms in total. The number of rotatable bonds is 10. The lowest BCUT2D eigenvalue weighted by molar-refractivity contribution is 0.0575. The number of hydrogen-bond acceptors (Lipinski definition) is 10. The van der Waals surface area contributed by atoms with Gasteiger partial charge in [0.25, 0.3) is 0 Å². The molecule has 0 aliphatic carbocycles. The largest absolute Gasteiger partial charge is 0.489 e. The summed E-state index contributed by atoms with van der Waals surface area (Å²) in [6.07, 6.45) is 4.44. The molecule has 1 aromatic carbocycles. The van der Waals surface area contributed by atoms with Gasteiger partial charge in [0.05, 0.1) is 29.7 Å². The molecule has 246 valence electrons. The van der Waals surface area contributed by atoms with Gasteiger partial charge in [0.15, 0.2) is 8.32 Å². The van der Waals surface area contributed by atoms with E-state index in [2.05, 4.69) is 62.1 Å². The van der Waals surface area contributed by atoms with Crippen LogP contribution in [0.25, 0.3) is 11.3 Å². The van der Waals surface area contributed by atoms with Crippen LogP contribution in [-0.4, -0.2) is 68.4 Å². The van der Waals surface area contributed by atoms with Crippen molar-refractivity contribution >= 4 is 31.7 Å². The minimum atomic E-state index is -2.14. The molecule has 0 spiro atoms. The van der Waals surface area contributed by atoms with E-state index in [1.54, 1.807) is 48.8 Å². The first-order valence-electron chi connectivity index (χ1n) is 15.4. The Balaban J connectivity index is 1.76. The molecule has 3 heterocycles. The van der Waals surface area contributed by atoms with E-state index in [1.165, 1.54) is 0 Å². The van der Waals surface area contributed by atoms with Crippen LogP contribution in [0.1, 0.15) is 59.6 Å². The summed E-state index contributed by atoms with van der Waals surface area (Å²) in [5, 5.41) is 13.6. The van der Waals surface area contributed by atoms with Gasteiger partial charge in [-0.05, 0) is 62.7 Å². The summed E-state index contributed by atoms with van der Waals surface area (Å²) in [6.45, 7) is 20.1. The quantitative estimate of drug-likeness (QED) is 0.178. The summed E-state index contributed by atoms with van der Waals surface area (Å²) >= 11 is 0. The average molecular weight is 647 g/mol. The van der Waals surface area contributed by atoms with Gasteiger partial charge in [0.2, 0.25) is 5.95 Å². The van der Waals surface area contributed by atoms with Crippen molar-refractivity contribution in [3.63, 3.8) is 0 Å². The summed E-state index contributed by atoms with van der Waals surface area (Å²) in [5.41, 5.74) is 2.34. The summed E-state index contributed by atoms with van der Waals surface area (Å²) in [6, 6.07) is 9.63. The zero-order valence-corrected chi connectivity index (χ0v) is 29.6. The number of nitrogens with zero attached hydrogens (tertiary/aromatic N) is 5. The number of pyridine rings is 1. The number of hydrogen-bond donors (Lipinski definition) is 1. The van der Waals surface area contributed by atoms with Crippen LogP contribution in [0, 0.1) is 11.3 Å². The summed E-state index contributed by atoms with van der Waals surface area (Å²) < 4.78 is 23.4. The van der Waals surface area contributed by atoms with E-state index in [9.17, 15) is 10.1 Å². The van der Waals surface area contributed by atoms with Gasteiger partial charge in [-0.2, -0.15) is 5.26 Å². The lowest BCUT2D eigenvalue weighted by atomic mass is 9.83. The maximum absolute atomic E-state index is 13.5. The van der Waals surface area contributed by atoms with Crippen LogP contribution in [0.3, 0.4) is 0 Å². The van der Waals surface area contributed by atoms with E-state index in [1.807, 2.05) is 26.8 Å². The van der Waals surface area contributed by atoms with Crippen molar-refractivity contribution < 1.29 is 23.4 Å². The van der Waals surface area contributed by atoms with Crippen molar-refractivity contribution in [3.05, 3.63) is 54.0 Å². The number of carbonyl (C=O) groups is 1. The van der Waals surface area contributed by atoms with Crippen molar-refractivity contribution in [3.8, 4) is 23.1 Å². The van der Waals surface area contributed by atoms with Gasteiger partial charge >= 0.3 is 6.09 Å². The standard InChI is InChI=1S/C34H46N6O5Si/c1-32(2,3)45-31(41)40-21-34(7,22-44-46(9,10)33(4,5)6)25-18-23(17-24(19-35)29(25)40)26-11-14-37-30(38-26)39-27-20-36-13-12-28(27)43-16-15-42-8/h11-14,17-18,20H,15-16,21-22H2,1-10H3,(H,37,38,39)/t34-/m1/s1. The molecular formula is C34H46N6O5Si. The molecule has 0 unspecified atom stereocenters. The number of carbonyl (C=O) groups excluding carboxylic acids is 1. The number of amides is 1. The second kappa shape index (κ2) is 13.4. The summed E-state index contributed by atoms with van der Waals surface area (Å²) in [5.74, 6) is 0.922. The lowest BCUT2D eigenvalue weighted by Gasteiger charge is -2.39. The molecule has 0 bridgehead atoms. The molecule has 3 aromatic rings. The molecule has 1 aliphatic heterocycles. The van der Waals surface area contributed by atoms with Crippen molar-refractivity contribution in [1.82, 2.24) is 15.0 Å². The fourth-order valence-corrected chi connectivity index (χ4v) is 5.93. The van der Waals surface area contributed by atoms with Gasteiger partial charge in [0, 0.05) is 49.7 Å². The second-order valence-corrected chi connectivity index (χ2v) is 19.1. The zero-order chi connectivity index (χ0) is 33.9. The van der Waals surface area contributed by atoms with Crippen LogP contribution in [0.15, 0.2) is 42.9 Å². The minimum absolute atomic E-state index is 0.00261. The Morgan fingerprint density at radius 1 is 1.13 bits per heavy atom. The highest BCUT2D eigenvalue weighted by Crippen LogP contribution is 2.47. The predicted molar refractivity (Wildman–Crippen MR) is 181 cm³/mol. The maximum atomic E-state index is 13.5. The van der Waals surface area contributed by atoms with Gasteiger partial charge in [-0.1, -0.05) is 27.7 Å². The highest BCUT2D eigenvalue weighted by molar-refractivity contribution is 6.74. The molecule has 4 rings (SSSR count). The van der Waals surface area contributed by atoms with Crippen LogP contribution in [0.4, 0.5) is 22.1 Å². The van der Waals surface area contributed by atoms with Crippen LogP contribution in [-0.2, 0) is 19.3 Å². The summed E-state index contributed by atoms with van der Waals surface area (Å²) in [7, 11) is -0.523. The molecule has 46 heavy (non-hydrogen) atoms. The molecule has 0 radical (unpaired) electrons. The van der Waals surface area contributed by atoms with Gasteiger partial charge in [-0.25, -0.2) is 14.8 Å². The van der Waals surface area contributed by atoms with Crippen molar-refractivity contribution in [1.29, 1.82) is 5.26 Å². The molecule has 12 heteroatoms. The van der Waals surface area contributed by atoms with Gasteiger partial charge in [-0.15, -0.1) is 0 Å². The lowest BCUT2D eigenvalue weighted by Crippen LogP contribution is -2.46. The Labute approximate surface area is 273 Å². The average Bonchev–Trinajstić information content (AvgIpc) is 3.28. The van der Waals surface area contributed by atoms with Gasteiger partial charge in [-0.3, -0.25) is 9.88 Å². The predicted octanol–water partition coefficient (Wildman–Crippen LogP) is 7.21. The third-order valence-electron chi connectivity index (χ3n) is 8.35. The third-order valence-corrected chi connectivity index (χ3v) is 12.8. The Hall–Kier alpha value is -4.05. The van der Waals surface area contributed by atoms with Gasteiger partial charge in [0.1, 0.15) is 29.7 Å². The number of nitriles is 1. The first kappa shape index (κ1) is 34.8. The maximum Gasteiger partial charge on any atom is 0.414 e. The molecule has 1 aliphatic rings. The topological polar surface area (TPSA) is 132 Å². The molecule has 0 saturated heterocycles. The highest BCUT2D eigenvalue weighted by Gasteiger charge is 2.47. The zero-order valence-electron chi connectivity index (χ0n) is 28.6. The fourth-order valence-electron chi connectivity index (χ4n) is 4.82. The van der Waals surface area contributed by atoms with E-state index in [0.29, 0.717) is 66.3 Å². The molecule has 2 aromatic heterocycles. The van der Waals surface area contributed by atoms with Gasteiger partial charge < -0.3 is 24.0 Å². The third kappa shape index (κ3) is 7.83. The van der Waals surface area contributed by atoms with Crippen LogP contribution in [0.5, 0.6) is 5.75 Å². The Bertz CT molecular complexity index is 1610. The molecule has 1 amide bonds. The smallest absolute Gasteiger partial charge is 0.414 e. The summed E-state index contributed by atoms with van der Waals surface area (Å²) in [4.78, 5) is 28.5. The molecule has 0 fully saturated rings. The molecule has 1 atom stereocenters. The molecular weight excluding hydrogens is 600 g/mol. The van der Waals surface area contributed by atoms with Crippen LogP contribution in [0.2, 0.25) is 18.1 Å². The van der Waals surface area contributed by atoms with Crippen LogP contribution < -0.4 is 15.0 Å². The Morgan fingerprint density at radius 3 is 2.52 bits per heavy atom. The van der Waals surface area contributed by atoms with E-state index in [-0.39, 0.29) is 5.04 Å². The first-order valence-corrected chi connectivity index (χ1v) is 18.3. The number of fused-ring (bicyclic) bond motifs is 1. The SMILES string of the molecule is COCCOc1ccncc1Nc1nccc(-c2cc(C#N)c3c(c2)[C@@](C)(CO[Si](C)(C)C(C)(C)C)CN3C(=O)OC(C)(C)C)n1. The molecule has 0 saturated carbocycles. The Kier molecular flexibility index (Phi) is 10.1. The van der Waals surface area contributed by atoms with Crippen molar-refractivity contribution in [2.75, 3.05) is 43.7 Å². The number of aromatic nitrogens is 3. The number of anilines is 3. The normalized spacial score (nSPS) is 16.5. The van der Waals surface area contributed by atoms with Crippen molar-refractivity contribution in [2.45, 2.75) is 77.6 Å². The second-order valence-electron chi connectivity index (χ2n) is 14.3. The van der Waals surface area contributed by atoms with Crippen molar-refractivity contribution in [2.24, 2.45) is 0 Å². The van der Waals surface area contributed by atoms with E-state index in [0.717, 1.165) is 5.56 Å². The fraction of sp³-hybridized carbons (Fsp3) is 0.500. The minimum Gasteiger partial charge on any atom is -0.489 e. The molecule has 1 N–H and O–H groups in total.